The van der Waals surface area contributed by atoms with Crippen LogP contribution in [0.5, 0.6) is 11.5 Å². The first-order chi connectivity index (χ1) is 20.5. The van der Waals surface area contributed by atoms with Crippen molar-refractivity contribution in [1.29, 1.82) is 0 Å². The number of benzene rings is 2. The van der Waals surface area contributed by atoms with Crippen LogP contribution in [0.3, 0.4) is 0 Å². The third-order valence-electron chi connectivity index (χ3n) is 10.2. The lowest BCUT2D eigenvalue weighted by Crippen LogP contribution is -2.66. The van der Waals surface area contributed by atoms with E-state index < -0.39 is 0 Å². The van der Waals surface area contributed by atoms with Crippen molar-refractivity contribution in [3.8, 4) is 11.5 Å². The molecular weight excluding hydrogens is 566 g/mol. The van der Waals surface area contributed by atoms with Gasteiger partial charge in [0, 0.05) is 56.4 Å². The van der Waals surface area contributed by atoms with Gasteiger partial charge in [0.2, 0.25) is 5.91 Å². The summed E-state index contributed by atoms with van der Waals surface area (Å²) in [5.41, 5.74) is 4.69. The summed E-state index contributed by atoms with van der Waals surface area (Å²) < 4.78 is 16.7. The number of carbonyl (C=O) groups excluding carboxylic acids is 2. The number of halogens is 1. The molecule has 4 aliphatic rings. The van der Waals surface area contributed by atoms with Gasteiger partial charge in [-0.05, 0) is 79.5 Å². The Morgan fingerprint density at radius 3 is 2.30 bits per heavy atom. The van der Waals surface area contributed by atoms with Crippen LogP contribution in [0, 0.1) is 17.8 Å². The molecule has 0 radical (unpaired) electrons. The first kappa shape index (κ1) is 31.8. The van der Waals surface area contributed by atoms with Crippen molar-refractivity contribution in [2.24, 2.45) is 17.8 Å². The number of carbonyl (C=O) groups is 2. The standard InChI is InChI=1S/C34H45N3O5.ClH/c1-40-28-9-5-7-26-32(28)36-31-25(33(26)38)6-4-8-27(31)34(39)35-24-12-10-21(11-13-24)14-16-37-17-15-22-18-29(41-2)30(42-3)19-23(22)20-37;/h10-13,18-19,25-28,31-32,36H,4-9,14-17,20H2,1-3H3,(H,35,39);1H. The van der Waals surface area contributed by atoms with E-state index in [4.69, 9.17) is 14.2 Å². The van der Waals surface area contributed by atoms with Crippen molar-refractivity contribution in [3.63, 3.8) is 0 Å². The minimum absolute atomic E-state index is 0. The van der Waals surface area contributed by atoms with E-state index in [2.05, 4.69) is 39.8 Å². The van der Waals surface area contributed by atoms with Gasteiger partial charge in [-0.25, -0.2) is 0 Å². The molecule has 1 saturated heterocycles. The van der Waals surface area contributed by atoms with Gasteiger partial charge in [-0.15, -0.1) is 12.4 Å². The lowest BCUT2D eigenvalue weighted by Gasteiger charge is -2.50. The van der Waals surface area contributed by atoms with E-state index in [0.717, 1.165) is 88.2 Å². The summed E-state index contributed by atoms with van der Waals surface area (Å²) in [7, 11) is 5.10. The van der Waals surface area contributed by atoms with Gasteiger partial charge in [-0.2, -0.15) is 0 Å². The molecule has 6 unspecified atom stereocenters. The summed E-state index contributed by atoms with van der Waals surface area (Å²) in [6, 6.07) is 12.4. The predicted molar refractivity (Wildman–Crippen MR) is 169 cm³/mol. The zero-order valence-electron chi connectivity index (χ0n) is 25.6. The van der Waals surface area contributed by atoms with E-state index in [1.807, 2.05) is 12.1 Å². The van der Waals surface area contributed by atoms with Crippen molar-refractivity contribution in [1.82, 2.24) is 10.2 Å². The number of piperidine rings is 1. The van der Waals surface area contributed by atoms with Crippen LogP contribution in [0.25, 0.3) is 0 Å². The summed E-state index contributed by atoms with van der Waals surface area (Å²) in [5, 5.41) is 6.92. The molecule has 2 N–H and O–H groups in total. The number of nitrogens with one attached hydrogen (secondary N) is 2. The van der Waals surface area contributed by atoms with Gasteiger partial charge in [-0.1, -0.05) is 25.0 Å². The number of fused-ring (bicyclic) bond motifs is 3. The smallest absolute Gasteiger partial charge is 0.229 e. The summed E-state index contributed by atoms with van der Waals surface area (Å²) in [5.74, 6) is 1.67. The molecule has 43 heavy (non-hydrogen) atoms. The second kappa shape index (κ2) is 14.0. The maximum absolute atomic E-state index is 13.5. The van der Waals surface area contributed by atoms with Crippen molar-refractivity contribution in [3.05, 3.63) is 53.1 Å². The first-order valence-electron chi connectivity index (χ1n) is 15.7. The molecule has 0 bridgehead atoms. The maximum atomic E-state index is 13.5. The third-order valence-corrected chi connectivity index (χ3v) is 10.2. The predicted octanol–water partition coefficient (Wildman–Crippen LogP) is 4.81. The highest BCUT2D eigenvalue weighted by atomic mass is 35.5. The number of amides is 1. The zero-order chi connectivity index (χ0) is 29.2. The number of hydrogen-bond acceptors (Lipinski definition) is 7. The number of methoxy groups -OCH3 is 3. The lowest BCUT2D eigenvalue weighted by molar-refractivity contribution is -0.141. The molecule has 9 heteroatoms. The highest BCUT2D eigenvalue weighted by Gasteiger charge is 2.51. The fourth-order valence-electron chi connectivity index (χ4n) is 7.91. The molecule has 0 spiro atoms. The van der Waals surface area contributed by atoms with Gasteiger partial charge in [0.15, 0.2) is 11.5 Å². The van der Waals surface area contributed by atoms with Crippen molar-refractivity contribution in [2.75, 3.05) is 39.7 Å². The molecule has 8 nitrogen and oxygen atoms in total. The van der Waals surface area contributed by atoms with Crippen molar-refractivity contribution < 1.29 is 23.8 Å². The normalized spacial score (nSPS) is 28.5. The average molecular weight is 612 g/mol. The molecule has 2 saturated carbocycles. The van der Waals surface area contributed by atoms with Crippen LogP contribution in [-0.4, -0.2) is 69.2 Å². The molecule has 2 aliphatic heterocycles. The van der Waals surface area contributed by atoms with Gasteiger partial charge in [0.1, 0.15) is 5.78 Å². The van der Waals surface area contributed by atoms with E-state index in [1.165, 1.54) is 16.7 Å². The van der Waals surface area contributed by atoms with E-state index in [0.29, 0.717) is 5.78 Å². The highest BCUT2D eigenvalue weighted by molar-refractivity contribution is 5.95. The Morgan fingerprint density at radius 1 is 0.930 bits per heavy atom. The fraction of sp³-hybridized carbons (Fsp3) is 0.588. The summed E-state index contributed by atoms with van der Waals surface area (Å²) in [4.78, 5) is 29.5. The summed E-state index contributed by atoms with van der Waals surface area (Å²) >= 11 is 0. The molecule has 6 atom stereocenters. The van der Waals surface area contributed by atoms with E-state index >= 15 is 0 Å². The quantitative estimate of drug-likeness (QED) is 0.443. The van der Waals surface area contributed by atoms with Crippen LogP contribution in [0.15, 0.2) is 36.4 Å². The van der Waals surface area contributed by atoms with Crippen molar-refractivity contribution >= 4 is 29.8 Å². The lowest BCUT2D eigenvalue weighted by atomic mass is 9.64. The minimum Gasteiger partial charge on any atom is -0.493 e. The number of rotatable bonds is 8. The number of Topliss-reactive ketones (excluding diaryl/α,β-unsaturated/α-hetero) is 1. The Hall–Kier alpha value is -2.65. The van der Waals surface area contributed by atoms with Crippen LogP contribution < -0.4 is 20.1 Å². The molecule has 2 aliphatic carbocycles. The van der Waals surface area contributed by atoms with E-state index in [-0.39, 0.29) is 54.3 Å². The number of ketones is 1. The molecular formula is C34H46ClN3O5. The summed E-state index contributed by atoms with van der Waals surface area (Å²) in [6.45, 7) is 2.88. The molecule has 1 amide bonds. The Bertz CT molecular complexity index is 1290. The highest BCUT2D eigenvalue weighted by Crippen LogP contribution is 2.41. The zero-order valence-corrected chi connectivity index (χ0v) is 26.4. The topological polar surface area (TPSA) is 89.1 Å². The van der Waals surface area contributed by atoms with Gasteiger partial charge in [-0.3, -0.25) is 14.5 Å². The monoisotopic (exact) mass is 611 g/mol. The number of ether oxygens (including phenoxy) is 3. The van der Waals surface area contributed by atoms with Crippen molar-refractivity contribution in [2.45, 2.75) is 76.1 Å². The molecule has 234 valence electrons. The van der Waals surface area contributed by atoms with Gasteiger partial charge in [0.05, 0.1) is 26.2 Å². The van der Waals surface area contributed by atoms with Crippen LogP contribution >= 0.6 is 12.4 Å². The molecule has 2 heterocycles. The molecule has 2 aromatic carbocycles. The molecule has 0 aromatic heterocycles. The average Bonchev–Trinajstić information content (AvgIpc) is 3.03. The fourth-order valence-corrected chi connectivity index (χ4v) is 7.91. The second-order valence-corrected chi connectivity index (χ2v) is 12.5. The summed E-state index contributed by atoms with van der Waals surface area (Å²) in [6.07, 6.45) is 7.50. The first-order valence-corrected chi connectivity index (χ1v) is 15.7. The van der Waals surface area contributed by atoms with Crippen LogP contribution in [0.1, 0.15) is 55.2 Å². The third kappa shape index (κ3) is 6.58. The van der Waals surface area contributed by atoms with Gasteiger partial charge >= 0.3 is 0 Å². The van der Waals surface area contributed by atoms with Gasteiger partial charge in [0.25, 0.3) is 0 Å². The number of anilines is 1. The largest absolute Gasteiger partial charge is 0.493 e. The Kier molecular flexibility index (Phi) is 10.3. The van der Waals surface area contributed by atoms with Crippen LogP contribution in [0.4, 0.5) is 5.69 Å². The van der Waals surface area contributed by atoms with Crippen LogP contribution in [0.2, 0.25) is 0 Å². The SMILES string of the molecule is COc1cc2c(cc1OC)CN(CCc1ccc(NC(=O)C3CCCC4C(=O)C5CCCC(OC)C5NC34)cc1)CC2.Cl. The minimum atomic E-state index is -0.215. The Balaban J connectivity index is 0.00000368. The van der Waals surface area contributed by atoms with E-state index in [9.17, 15) is 9.59 Å². The second-order valence-electron chi connectivity index (χ2n) is 12.5. The Morgan fingerprint density at radius 2 is 1.60 bits per heavy atom. The molecule has 3 fully saturated rings. The maximum Gasteiger partial charge on any atom is 0.229 e. The number of hydrogen-bond donors (Lipinski definition) is 2. The molecule has 6 rings (SSSR count). The van der Waals surface area contributed by atoms with E-state index in [1.54, 1.807) is 21.3 Å². The molecule has 2 aromatic rings. The Labute approximate surface area is 261 Å². The van der Waals surface area contributed by atoms with Gasteiger partial charge < -0.3 is 24.8 Å². The van der Waals surface area contributed by atoms with Crippen LogP contribution in [-0.2, 0) is 33.7 Å². The number of nitrogens with zero attached hydrogens (tertiary/aromatic N) is 1.